The lowest BCUT2D eigenvalue weighted by Gasteiger charge is -2.35. The minimum Gasteiger partial charge on any atom is -0.491 e. The lowest BCUT2D eigenvalue weighted by Crippen LogP contribution is -2.48. The molecule has 2 rings (SSSR count). The molecule has 184 valence electrons. The van der Waals surface area contributed by atoms with E-state index in [0.29, 0.717) is 6.54 Å². The first kappa shape index (κ1) is 26.4. The molecule has 0 spiro atoms. The molecule has 0 aromatic heterocycles. The van der Waals surface area contributed by atoms with Crippen LogP contribution in [0.1, 0.15) is 37.6 Å². The molecular weight excluding hydrogens is 443 g/mol. The van der Waals surface area contributed by atoms with Crippen LogP contribution >= 0.6 is 0 Å². The minimum atomic E-state index is -4.64. The monoisotopic (exact) mass is 473 g/mol. The Morgan fingerprint density at radius 1 is 1.24 bits per heavy atom. The summed E-state index contributed by atoms with van der Waals surface area (Å²) < 4.78 is 48.9. The first-order valence-electron chi connectivity index (χ1n) is 10.5. The van der Waals surface area contributed by atoms with Crippen LogP contribution in [0.15, 0.2) is 18.2 Å². The second-order valence-electron chi connectivity index (χ2n) is 8.32. The van der Waals surface area contributed by atoms with Crippen molar-refractivity contribution in [2.24, 2.45) is 5.92 Å². The summed E-state index contributed by atoms with van der Waals surface area (Å²) in [4.78, 5) is 40.1. The minimum absolute atomic E-state index is 0.0356. The van der Waals surface area contributed by atoms with Crippen molar-refractivity contribution in [2.75, 3.05) is 39.2 Å². The molecule has 0 unspecified atom stereocenters. The number of ether oxygens (including phenoxy) is 2. The molecule has 1 aromatic carbocycles. The maximum Gasteiger partial charge on any atom is 0.397 e. The van der Waals surface area contributed by atoms with Crippen molar-refractivity contribution in [3.8, 4) is 5.75 Å². The average molecular weight is 473 g/mol. The molecule has 33 heavy (non-hydrogen) atoms. The number of likely N-dealkylation sites (N-methyl/N-ethyl adjacent to an activating group) is 1. The lowest BCUT2D eigenvalue weighted by molar-refractivity contribution is -0.150. The summed E-state index contributed by atoms with van der Waals surface area (Å²) in [6, 6.07) is 3.69. The highest BCUT2D eigenvalue weighted by Gasteiger charge is 2.32. The molecule has 11 heteroatoms. The normalized spacial score (nSPS) is 22.5. The zero-order chi connectivity index (χ0) is 24.9. The molecule has 1 N–H and O–H groups in total. The molecule has 0 fully saturated rings. The van der Waals surface area contributed by atoms with Crippen LogP contribution in [0, 0.1) is 5.92 Å². The standard InChI is InChI=1S/C22H30F3N3O5/c1-13-10-28(15(3)29)14(2)12-33-18-8-16(26-20(30)9-22(23,24)25)6-7-17(18)21(31)27(4)11-19(13)32-5/h6-8,13-14,19H,9-12H2,1-5H3,(H,26,30)/t13-,14+,19-/m0/s1. The molecule has 1 aliphatic rings. The van der Waals surface area contributed by atoms with Crippen molar-refractivity contribution in [3.05, 3.63) is 23.8 Å². The Bertz CT molecular complexity index is 877. The Kier molecular flexibility index (Phi) is 8.70. The second-order valence-corrected chi connectivity index (χ2v) is 8.32. The van der Waals surface area contributed by atoms with Crippen LogP contribution in [0.25, 0.3) is 0 Å². The molecule has 1 heterocycles. The van der Waals surface area contributed by atoms with Gasteiger partial charge in [0, 0.05) is 51.8 Å². The Morgan fingerprint density at radius 3 is 2.48 bits per heavy atom. The fourth-order valence-corrected chi connectivity index (χ4v) is 3.68. The zero-order valence-corrected chi connectivity index (χ0v) is 19.4. The van der Waals surface area contributed by atoms with E-state index >= 15 is 0 Å². The summed E-state index contributed by atoms with van der Waals surface area (Å²) in [7, 11) is 3.14. The van der Waals surface area contributed by atoms with Crippen LogP contribution in [0.3, 0.4) is 0 Å². The molecule has 1 aromatic rings. The largest absolute Gasteiger partial charge is 0.491 e. The molecule has 0 radical (unpaired) electrons. The summed E-state index contributed by atoms with van der Waals surface area (Å²) in [5.74, 6) is -1.73. The average Bonchev–Trinajstić information content (AvgIpc) is 2.71. The lowest BCUT2D eigenvalue weighted by atomic mass is 10.0. The first-order valence-corrected chi connectivity index (χ1v) is 10.5. The van der Waals surface area contributed by atoms with Gasteiger partial charge in [0.2, 0.25) is 11.8 Å². The number of rotatable bonds is 3. The van der Waals surface area contributed by atoms with E-state index in [1.807, 2.05) is 6.92 Å². The maximum absolute atomic E-state index is 13.1. The summed E-state index contributed by atoms with van der Waals surface area (Å²) in [6.45, 7) is 5.86. The van der Waals surface area contributed by atoms with Gasteiger partial charge in [-0.25, -0.2) is 0 Å². The Morgan fingerprint density at radius 2 is 1.91 bits per heavy atom. The number of anilines is 1. The van der Waals surface area contributed by atoms with Crippen LogP contribution in [-0.2, 0) is 14.3 Å². The van der Waals surface area contributed by atoms with Gasteiger partial charge in [-0.15, -0.1) is 0 Å². The van der Waals surface area contributed by atoms with E-state index in [2.05, 4.69) is 5.32 Å². The van der Waals surface area contributed by atoms with Crippen LogP contribution in [0.4, 0.5) is 18.9 Å². The van der Waals surface area contributed by atoms with E-state index < -0.39 is 18.5 Å². The summed E-state index contributed by atoms with van der Waals surface area (Å²) >= 11 is 0. The van der Waals surface area contributed by atoms with Crippen LogP contribution in [0.5, 0.6) is 5.75 Å². The van der Waals surface area contributed by atoms with Crippen molar-refractivity contribution in [1.29, 1.82) is 0 Å². The van der Waals surface area contributed by atoms with Gasteiger partial charge in [0.05, 0.1) is 17.7 Å². The van der Waals surface area contributed by atoms with E-state index in [4.69, 9.17) is 9.47 Å². The summed E-state index contributed by atoms with van der Waals surface area (Å²) in [5.41, 5.74) is 0.237. The van der Waals surface area contributed by atoms with Gasteiger partial charge in [0.25, 0.3) is 5.91 Å². The Hall–Kier alpha value is -2.82. The number of amides is 3. The number of carbonyl (C=O) groups excluding carboxylic acids is 3. The third-order valence-electron chi connectivity index (χ3n) is 5.50. The number of alkyl halides is 3. The van der Waals surface area contributed by atoms with Crippen LogP contribution in [0.2, 0.25) is 0 Å². The number of hydrogen-bond donors (Lipinski definition) is 1. The number of hydrogen-bond acceptors (Lipinski definition) is 5. The Balaban J connectivity index is 2.40. The van der Waals surface area contributed by atoms with E-state index in [1.165, 1.54) is 30.0 Å². The summed E-state index contributed by atoms with van der Waals surface area (Å²) in [6.07, 6.45) is -6.61. The number of methoxy groups -OCH3 is 1. The molecule has 0 saturated carbocycles. The molecule has 0 aliphatic carbocycles. The smallest absolute Gasteiger partial charge is 0.397 e. The van der Waals surface area contributed by atoms with Crippen molar-refractivity contribution >= 4 is 23.4 Å². The number of carbonyl (C=O) groups is 3. The predicted octanol–water partition coefficient (Wildman–Crippen LogP) is 2.93. The fourth-order valence-electron chi connectivity index (χ4n) is 3.68. The third kappa shape index (κ3) is 7.34. The quantitative estimate of drug-likeness (QED) is 0.730. The highest BCUT2D eigenvalue weighted by molar-refractivity contribution is 5.98. The van der Waals surface area contributed by atoms with Crippen molar-refractivity contribution in [3.63, 3.8) is 0 Å². The predicted molar refractivity (Wildman–Crippen MR) is 115 cm³/mol. The second kappa shape index (κ2) is 10.9. The number of halogens is 3. The zero-order valence-electron chi connectivity index (χ0n) is 19.4. The number of benzene rings is 1. The van der Waals surface area contributed by atoms with Gasteiger partial charge in [-0.1, -0.05) is 6.92 Å². The van der Waals surface area contributed by atoms with Crippen LogP contribution in [-0.4, -0.2) is 79.7 Å². The Labute approximate surface area is 191 Å². The molecular formula is C22H30F3N3O5. The molecule has 8 nitrogen and oxygen atoms in total. The maximum atomic E-state index is 13.1. The molecule has 0 saturated heterocycles. The van der Waals surface area contributed by atoms with Gasteiger partial charge in [-0.2, -0.15) is 13.2 Å². The van der Waals surface area contributed by atoms with E-state index in [9.17, 15) is 27.6 Å². The highest BCUT2D eigenvalue weighted by Crippen LogP contribution is 2.28. The van der Waals surface area contributed by atoms with Gasteiger partial charge in [-0.3, -0.25) is 14.4 Å². The van der Waals surface area contributed by atoms with Crippen molar-refractivity contribution < 1.29 is 37.0 Å². The molecule has 1 aliphatic heterocycles. The highest BCUT2D eigenvalue weighted by atomic mass is 19.4. The van der Waals surface area contributed by atoms with Crippen LogP contribution < -0.4 is 10.1 Å². The number of fused-ring (bicyclic) bond motifs is 1. The topological polar surface area (TPSA) is 88.2 Å². The summed E-state index contributed by atoms with van der Waals surface area (Å²) in [5, 5.41) is 2.17. The molecule has 0 bridgehead atoms. The van der Waals surface area contributed by atoms with Gasteiger partial charge < -0.3 is 24.6 Å². The van der Waals surface area contributed by atoms with Gasteiger partial charge >= 0.3 is 6.18 Å². The van der Waals surface area contributed by atoms with E-state index in [0.717, 1.165) is 0 Å². The molecule has 3 atom stereocenters. The van der Waals surface area contributed by atoms with E-state index in [-0.39, 0.29) is 60.0 Å². The van der Waals surface area contributed by atoms with Crippen molar-refractivity contribution in [2.45, 2.75) is 45.5 Å². The SMILES string of the molecule is CO[C@H]1CN(C)C(=O)c2ccc(NC(=O)CC(F)(F)F)cc2OC[C@@H](C)N(C(C)=O)C[C@@H]1C. The molecule has 3 amide bonds. The van der Waals surface area contributed by atoms with Gasteiger partial charge in [-0.05, 0) is 19.1 Å². The van der Waals surface area contributed by atoms with E-state index in [1.54, 1.807) is 26.0 Å². The number of nitrogens with one attached hydrogen (secondary N) is 1. The van der Waals surface area contributed by atoms with Crippen molar-refractivity contribution in [1.82, 2.24) is 9.80 Å². The van der Waals surface area contributed by atoms with Gasteiger partial charge in [0.15, 0.2) is 0 Å². The fraction of sp³-hybridized carbons (Fsp3) is 0.591. The third-order valence-corrected chi connectivity index (χ3v) is 5.50. The first-order chi connectivity index (χ1) is 15.3. The number of nitrogens with zero attached hydrogens (tertiary/aromatic N) is 2. The van der Waals surface area contributed by atoms with Gasteiger partial charge in [0.1, 0.15) is 18.8 Å².